The molecule has 3 N–H and O–H groups in total. The number of rotatable bonds is 2. The number of H-pyrrole nitrogens is 1. The van der Waals surface area contributed by atoms with Crippen LogP contribution in [-0.4, -0.2) is 45.5 Å². The van der Waals surface area contributed by atoms with Crippen molar-refractivity contribution in [1.29, 1.82) is 0 Å². The summed E-state index contributed by atoms with van der Waals surface area (Å²) >= 11 is 0. The molecule has 24 heavy (non-hydrogen) atoms. The van der Waals surface area contributed by atoms with E-state index in [0.717, 1.165) is 17.3 Å². The minimum Gasteiger partial charge on any atom is -0.465 e. The number of carboxylic acid groups (broad SMARTS) is 1. The first kappa shape index (κ1) is 16.4. The van der Waals surface area contributed by atoms with Crippen LogP contribution in [0.25, 0.3) is 16.5 Å². The van der Waals surface area contributed by atoms with Gasteiger partial charge >= 0.3 is 12.3 Å². The van der Waals surface area contributed by atoms with Gasteiger partial charge in [0.25, 0.3) is 0 Å². The van der Waals surface area contributed by atoms with E-state index < -0.39 is 18.4 Å². The van der Waals surface area contributed by atoms with Crippen molar-refractivity contribution in [1.82, 2.24) is 9.88 Å². The number of halogens is 3. The van der Waals surface area contributed by atoms with E-state index in [-0.39, 0.29) is 12.1 Å². The number of nitrogens with one attached hydrogen (secondary N) is 1. The second-order valence-corrected chi connectivity index (χ2v) is 5.66. The Morgan fingerprint density at radius 1 is 1.33 bits per heavy atom. The van der Waals surface area contributed by atoms with Crippen LogP contribution in [0.5, 0.6) is 0 Å². The highest BCUT2D eigenvalue weighted by Crippen LogP contribution is 2.37. The third-order valence-corrected chi connectivity index (χ3v) is 4.17. The standard InChI is InChI=1S/C16H15F3N2O3/c17-16(18,19)14(22)12-8-20-13-2-1-10(7-11(12)13)9-3-5-21(6-4-9)15(23)24/h1-3,7-8,14,20,22H,4-6H2,(H,23,24). The molecular formula is C16H15F3N2O3. The largest absolute Gasteiger partial charge is 0.465 e. The summed E-state index contributed by atoms with van der Waals surface area (Å²) in [5.41, 5.74) is 1.88. The van der Waals surface area contributed by atoms with E-state index >= 15 is 0 Å². The lowest BCUT2D eigenvalue weighted by atomic mass is 9.97. The van der Waals surface area contributed by atoms with E-state index in [1.165, 1.54) is 4.90 Å². The number of amides is 1. The average Bonchev–Trinajstić information content (AvgIpc) is 2.96. The van der Waals surface area contributed by atoms with Gasteiger partial charge in [-0.05, 0) is 29.7 Å². The molecule has 8 heteroatoms. The van der Waals surface area contributed by atoms with Crippen molar-refractivity contribution in [2.45, 2.75) is 18.7 Å². The smallest absolute Gasteiger partial charge is 0.418 e. The van der Waals surface area contributed by atoms with Crippen LogP contribution >= 0.6 is 0 Å². The number of hydrogen-bond acceptors (Lipinski definition) is 2. The van der Waals surface area contributed by atoms with Crippen LogP contribution < -0.4 is 0 Å². The summed E-state index contributed by atoms with van der Waals surface area (Å²) in [5, 5.41) is 18.8. The Morgan fingerprint density at radius 3 is 2.67 bits per heavy atom. The number of aromatic amines is 1. The predicted molar refractivity (Wildman–Crippen MR) is 81.5 cm³/mol. The molecule has 2 heterocycles. The van der Waals surface area contributed by atoms with Crippen molar-refractivity contribution < 1.29 is 28.2 Å². The van der Waals surface area contributed by atoms with Gasteiger partial charge in [-0.3, -0.25) is 0 Å². The average molecular weight is 340 g/mol. The first-order valence-corrected chi connectivity index (χ1v) is 7.30. The number of aliphatic hydroxyl groups excluding tert-OH is 1. The van der Waals surface area contributed by atoms with Crippen LogP contribution in [0.15, 0.2) is 30.5 Å². The minimum atomic E-state index is -4.74. The molecule has 1 aliphatic rings. The maximum absolute atomic E-state index is 12.8. The predicted octanol–water partition coefficient (Wildman–Crippen LogP) is 3.53. The molecule has 1 unspecified atom stereocenters. The highest BCUT2D eigenvalue weighted by atomic mass is 19.4. The topological polar surface area (TPSA) is 76.6 Å². The van der Waals surface area contributed by atoms with E-state index in [1.807, 2.05) is 0 Å². The first-order chi connectivity index (χ1) is 11.3. The van der Waals surface area contributed by atoms with Gasteiger partial charge in [0.15, 0.2) is 6.10 Å². The molecule has 0 spiro atoms. The van der Waals surface area contributed by atoms with Gasteiger partial charge in [-0.2, -0.15) is 13.2 Å². The van der Waals surface area contributed by atoms with Gasteiger partial charge in [-0.15, -0.1) is 0 Å². The van der Waals surface area contributed by atoms with Crippen molar-refractivity contribution >= 4 is 22.6 Å². The molecule has 0 fully saturated rings. The third kappa shape index (κ3) is 2.96. The molecular weight excluding hydrogens is 325 g/mol. The van der Waals surface area contributed by atoms with E-state index in [9.17, 15) is 23.1 Å². The summed E-state index contributed by atoms with van der Waals surface area (Å²) in [6.07, 6.45) is -4.89. The van der Waals surface area contributed by atoms with Gasteiger partial charge in [0, 0.05) is 35.8 Å². The highest BCUT2D eigenvalue weighted by molar-refractivity contribution is 5.87. The maximum atomic E-state index is 12.8. The molecule has 0 bridgehead atoms. The molecule has 0 saturated carbocycles. The summed E-state index contributed by atoms with van der Waals surface area (Å²) in [7, 11) is 0. The minimum absolute atomic E-state index is 0.220. The lowest BCUT2D eigenvalue weighted by molar-refractivity contribution is -0.206. The fourth-order valence-corrected chi connectivity index (χ4v) is 2.85. The zero-order valence-corrected chi connectivity index (χ0v) is 12.5. The van der Waals surface area contributed by atoms with Gasteiger partial charge < -0.3 is 20.1 Å². The van der Waals surface area contributed by atoms with E-state index in [4.69, 9.17) is 5.11 Å². The Bertz CT molecular complexity index is 810. The summed E-state index contributed by atoms with van der Waals surface area (Å²) in [6.45, 7) is 0.582. The Balaban J connectivity index is 1.96. The molecule has 1 aromatic carbocycles. The Hall–Kier alpha value is -2.48. The van der Waals surface area contributed by atoms with Gasteiger partial charge in [-0.25, -0.2) is 4.79 Å². The lowest BCUT2D eigenvalue weighted by Crippen LogP contribution is -2.33. The van der Waals surface area contributed by atoms with Crippen LogP contribution in [0.3, 0.4) is 0 Å². The molecule has 128 valence electrons. The second-order valence-electron chi connectivity index (χ2n) is 5.66. The Labute approximate surface area is 135 Å². The SMILES string of the molecule is O=C(O)N1CC=C(c2ccc3[nH]cc(C(O)C(F)(F)F)c3c2)CC1. The zero-order valence-electron chi connectivity index (χ0n) is 12.5. The van der Waals surface area contributed by atoms with Crippen LogP contribution in [0.1, 0.15) is 23.7 Å². The molecule has 3 rings (SSSR count). The van der Waals surface area contributed by atoms with E-state index in [2.05, 4.69) is 4.98 Å². The quantitative estimate of drug-likeness (QED) is 0.783. The molecule has 1 aromatic heterocycles. The molecule has 0 saturated heterocycles. The van der Waals surface area contributed by atoms with Crippen molar-refractivity contribution in [3.8, 4) is 0 Å². The van der Waals surface area contributed by atoms with Crippen molar-refractivity contribution in [3.63, 3.8) is 0 Å². The number of fused-ring (bicyclic) bond motifs is 1. The zero-order chi connectivity index (χ0) is 17.5. The van der Waals surface area contributed by atoms with Gasteiger partial charge in [-0.1, -0.05) is 12.1 Å². The van der Waals surface area contributed by atoms with E-state index in [0.29, 0.717) is 23.9 Å². The first-order valence-electron chi connectivity index (χ1n) is 7.30. The molecule has 2 aromatic rings. The maximum Gasteiger partial charge on any atom is 0.418 e. The lowest BCUT2D eigenvalue weighted by Gasteiger charge is -2.24. The number of nitrogens with zero attached hydrogens (tertiary/aromatic N) is 1. The molecule has 0 radical (unpaired) electrons. The molecule has 1 atom stereocenters. The number of alkyl halides is 3. The second kappa shape index (κ2) is 5.86. The Kier molecular flexibility index (Phi) is 4.00. The molecule has 1 amide bonds. The van der Waals surface area contributed by atoms with Crippen molar-refractivity contribution in [2.24, 2.45) is 0 Å². The van der Waals surface area contributed by atoms with Crippen LogP contribution in [0, 0.1) is 0 Å². The summed E-state index contributed by atoms with van der Waals surface area (Å²) < 4.78 is 38.3. The van der Waals surface area contributed by atoms with Crippen molar-refractivity contribution in [3.05, 3.63) is 41.6 Å². The summed E-state index contributed by atoms with van der Waals surface area (Å²) in [5.74, 6) is 0. The highest BCUT2D eigenvalue weighted by Gasteiger charge is 2.40. The summed E-state index contributed by atoms with van der Waals surface area (Å²) in [6, 6.07) is 5.02. The molecule has 0 aliphatic carbocycles. The molecule has 5 nitrogen and oxygen atoms in total. The van der Waals surface area contributed by atoms with Gasteiger partial charge in [0.1, 0.15) is 0 Å². The van der Waals surface area contributed by atoms with Gasteiger partial charge in [0.2, 0.25) is 0 Å². The molecule has 1 aliphatic heterocycles. The fourth-order valence-electron chi connectivity index (χ4n) is 2.85. The normalized spacial score (nSPS) is 17.0. The monoisotopic (exact) mass is 340 g/mol. The number of aliphatic hydroxyl groups is 1. The van der Waals surface area contributed by atoms with Gasteiger partial charge in [0.05, 0.1) is 0 Å². The number of aromatic nitrogens is 1. The summed E-state index contributed by atoms with van der Waals surface area (Å²) in [4.78, 5) is 14.9. The number of carbonyl (C=O) groups is 1. The van der Waals surface area contributed by atoms with Crippen LogP contribution in [0.4, 0.5) is 18.0 Å². The van der Waals surface area contributed by atoms with Crippen LogP contribution in [-0.2, 0) is 0 Å². The number of benzene rings is 1. The third-order valence-electron chi connectivity index (χ3n) is 4.17. The Morgan fingerprint density at radius 2 is 2.08 bits per heavy atom. The fraction of sp³-hybridized carbons (Fsp3) is 0.312. The van der Waals surface area contributed by atoms with E-state index in [1.54, 1.807) is 24.3 Å². The number of hydrogen-bond donors (Lipinski definition) is 3. The van der Waals surface area contributed by atoms with Crippen molar-refractivity contribution in [2.75, 3.05) is 13.1 Å². The van der Waals surface area contributed by atoms with Crippen LogP contribution in [0.2, 0.25) is 0 Å².